The first-order chi connectivity index (χ1) is 9.61. The Morgan fingerprint density at radius 3 is 2.75 bits per heavy atom. The smallest absolute Gasteiger partial charge is 0.321 e. The standard InChI is InChI=1S/C13H9ClN4O2/c14-7-3-4-15-11(5-7)12(19)16-8-1-2-9-10(6-8)18-13(20)17-9/h1-6H,(H,16,19)(H2,17,18,20). The van der Waals surface area contributed by atoms with Gasteiger partial charge in [0.15, 0.2) is 0 Å². The number of halogens is 1. The van der Waals surface area contributed by atoms with E-state index >= 15 is 0 Å². The third-order valence-electron chi connectivity index (χ3n) is 2.73. The van der Waals surface area contributed by atoms with Gasteiger partial charge in [-0.1, -0.05) is 11.6 Å². The number of pyridine rings is 1. The molecule has 0 aliphatic rings. The number of hydrogen-bond acceptors (Lipinski definition) is 3. The zero-order valence-corrected chi connectivity index (χ0v) is 10.9. The summed E-state index contributed by atoms with van der Waals surface area (Å²) in [5.74, 6) is -0.371. The number of carbonyl (C=O) groups excluding carboxylic acids is 1. The van der Waals surface area contributed by atoms with Crippen molar-refractivity contribution in [2.45, 2.75) is 0 Å². The average Bonchev–Trinajstić information content (AvgIpc) is 2.78. The second-order valence-electron chi connectivity index (χ2n) is 4.15. The van der Waals surface area contributed by atoms with E-state index in [2.05, 4.69) is 20.3 Å². The summed E-state index contributed by atoms with van der Waals surface area (Å²) in [4.78, 5) is 32.3. The molecule has 3 aromatic rings. The third kappa shape index (κ3) is 2.41. The number of fused-ring (bicyclic) bond motifs is 1. The molecule has 6 nitrogen and oxygen atoms in total. The van der Waals surface area contributed by atoms with Gasteiger partial charge in [-0.2, -0.15) is 0 Å². The van der Waals surface area contributed by atoms with Crippen molar-refractivity contribution in [3.63, 3.8) is 0 Å². The summed E-state index contributed by atoms with van der Waals surface area (Å²) in [5.41, 5.74) is 1.78. The maximum atomic E-state index is 12.0. The van der Waals surface area contributed by atoms with Gasteiger partial charge in [-0.3, -0.25) is 9.78 Å². The monoisotopic (exact) mass is 288 g/mol. The van der Waals surface area contributed by atoms with Gasteiger partial charge in [-0.25, -0.2) is 4.79 Å². The first kappa shape index (κ1) is 12.4. The second kappa shape index (κ2) is 4.82. The summed E-state index contributed by atoms with van der Waals surface area (Å²) in [6, 6.07) is 8.13. The molecule has 1 amide bonds. The number of aromatic nitrogens is 3. The molecule has 3 rings (SSSR count). The largest absolute Gasteiger partial charge is 0.323 e. The van der Waals surface area contributed by atoms with E-state index in [1.54, 1.807) is 24.3 Å². The number of rotatable bonds is 2. The Labute approximate surface area is 117 Å². The molecule has 0 radical (unpaired) electrons. The van der Waals surface area contributed by atoms with Gasteiger partial charge in [-0.05, 0) is 30.3 Å². The van der Waals surface area contributed by atoms with Gasteiger partial charge >= 0.3 is 5.69 Å². The van der Waals surface area contributed by atoms with Crippen LogP contribution in [0.3, 0.4) is 0 Å². The Balaban J connectivity index is 1.88. The normalized spacial score (nSPS) is 10.7. The fourth-order valence-corrected chi connectivity index (χ4v) is 1.99. The predicted octanol–water partition coefficient (Wildman–Crippen LogP) is 2.16. The number of benzene rings is 1. The first-order valence-corrected chi connectivity index (χ1v) is 6.14. The first-order valence-electron chi connectivity index (χ1n) is 5.77. The van der Waals surface area contributed by atoms with E-state index in [1.165, 1.54) is 12.3 Å². The summed E-state index contributed by atoms with van der Waals surface area (Å²) in [6.45, 7) is 0. The lowest BCUT2D eigenvalue weighted by Crippen LogP contribution is -2.13. The van der Waals surface area contributed by atoms with Gasteiger partial charge in [0.2, 0.25) is 0 Å². The summed E-state index contributed by atoms with van der Waals surface area (Å²) < 4.78 is 0. The van der Waals surface area contributed by atoms with Crippen molar-refractivity contribution in [2.75, 3.05) is 5.32 Å². The second-order valence-corrected chi connectivity index (χ2v) is 4.59. The van der Waals surface area contributed by atoms with Crippen molar-refractivity contribution in [3.8, 4) is 0 Å². The Kier molecular flexibility index (Phi) is 3.00. The van der Waals surface area contributed by atoms with E-state index in [1.807, 2.05) is 0 Å². The van der Waals surface area contributed by atoms with Crippen LogP contribution in [-0.2, 0) is 0 Å². The fraction of sp³-hybridized carbons (Fsp3) is 0. The highest BCUT2D eigenvalue weighted by Gasteiger charge is 2.09. The van der Waals surface area contributed by atoms with Crippen LogP contribution >= 0.6 is 11.6 Å². The zero-order chi connectivity index (χ0) is 14.1. The van der Waals surface area contributed by atoms with E-state index in [-0.39, 0.29) is 17.3 Å². The van der Waals surface area contributed by atoms with Gasteiger partial charge in [0.25, 0.3) is 5.91 Å². The number of anilines is 1. The van der Waals surface area contributed by atoms with E-state index < -0.39 is 0 Å². The number of nitrogens with zero attached hydrogens (tertiary/aromatic N) is 1. The van der Waals surface area contributed by atoms with E-state index in [0.29, 0.717) is 21.7 Å². The van der Waals surface area contributed by atoms with Gasteiger partial charge in [-0.15, -0.1) is 0 Å². The number of aromatic amines is 2. The van der Waals surface area contributed by atoms with E-state index in [9.17, 15) is 9.59 Å². The topological polar surface area (TPSA) is 90.6 Å². The number of hydrogen-bond donors (Lipinski definition) is 3. The molecule has 0 unspecified atom stereocenters. The van der Waals surface area contributed by atoms with Crippen molar-refractivity contribution < 1.29 is 4.79 Å². The Morgan fingerprint density at radius 1 is 1.15 bits per heavy atom. The molecule has 0 saturated carbocycles. The van der Waals surface area contributed by atoms with Crippen molar-refractivity contribution in [1.29, 1.82) is 0 Å². The minimum absolute atomic E-state index is 0.222. The van der Waals surface area contributed by atoms with Gasteiger partial charge in [0.05, 0.1) is 11.0 Å². The molecule has 0 saturated heterocycles. The van der Waals surface area contributed by atoms with Crippen LogP contribution in [0.1, 0.15) is 10.5 Å². The summed E-state index contributed by atoms with van der Waals surface area (Å²) >= 11 is 5.81. The molecule has 1 aromatic carbocycles. The van der Waals surface area contributed by atoms with Crippen LogP contribution in [0.5, 0.6) is 0 Å². The summed E-state index contributed by atoms with van der Waals surface area (Å²) in [7, 11) is 0. The molecule has 2 heterocycles. The Hall–Kier alpha value is -2.60. The maximum absolute atomic E-state index is 12.0. The molecule has 0 atom stereocenters. The third-order valence-corrected chi connectivity index (χ3v) is 2.96. The Bertz CT molecular complexity index is 853. The van der Waals surface area contributed by atoms with Crippen LogP contribution < -0.4 is 11.0 Å². The van der Waals surface area contributed by atoms with Crippen LogP contribution in [0.25, 0.3) is 11.0 Å². The molecule has 20 heavy (non-hydrogen) atoms. The van der Waals surface area contributed by atoms with Crippen molar-refractivity contribution >= 4 is 34.2 Å². The van der Waals surface area contributed by atoms with Crippen molar-refractivity contribution in [3.05, 3.63) is 57.7 Å². The van der Waals surface area contributed by atoms with E-state index in [0.717, 1.165) is 0 Å². The number of nitrogens with one attached hydrogen (secondary N) is 3. The highest BCUT2D eigenvalue weighted by Crippen LogP contribution is 2.16. The molecule has 0 bridgehead atoms. The predicted molar refractivity (Wildman–Crippen MR) is 76.1 cm³/mol. The molecular formula is C13H9ClN4O2. The zero-order valence-electron chi connectivity index (χ0n) is 10.1. The molecule has 0 aliphatic carbocycles. The lowest BCUT2D eigenvalue weighted by molar-refractivity contribution is 0.102. The molecule has 0 aliphatic heterocycles. The van der Waals surface area contributed by atoms with Crippen molar-refractivity contribution in [1.82, 2.24) is 15.0 Å². The van der Waals surface area contributed by atoms with Gasteiger partial charge < -0.3 is 15.3 Å². The van der Waals surface area contributed by atoms with Crippen LogP contribution in [0.4, 0.5) is 5.69 Å². The fourth-order valence-electron chi connectivity index (χ4n) is 1.83. The van der Waals surface area contributed by atoms with Crippen LogP contribution in [0, 0.1) is 0 Å². The average molecular weight is 289 g/mol. The molecule has 2 aromatic heterocycles. The quantitative estimate of drug-likeness (QED) is 0.675. The molecule has 7 heteroatoms. The number of carbonyl (C=O) groups is 1. The lowest BCUT2D eigenvalue weighted by atomic mass is 10.2. The summed E-state index contributed by atoms with van der Waals surface area (Å²) in [6.07, 6.45) is 1.46. The minimum Gasteiger partial charge on any atom is -0.321 e. The Morgan fingerprint density at radius 2 is 1.95 bits per heavy atom. The number of imidazole rings is 1. The van der Waals surface area contributed by atoms with Crippen LogP contribution in [0.15, 0.2) is 41.3 Å². The molecule has 0 fully saturated rings. The highest BCUT2D eigenvalue weighted by atomic mass is 35.5. The van der Waals surface area contributed by atoms with Gasteiger partial charge in [0, 0.05) is 16.9 Å². The number of amides is 1. The SMILES string of the molecule is O=C(Nc1ccc2[nH]c(=O)[nH]c2c1)c1cc(Cl)ccn1. The highest BCUT2D eigenvalue weighted by molar-refractivity contribution is 6.30. The van der Waals surface area contributed by atoms with Crippen molar-refractivity contribution in [2.24, 2.45) is 0 Å². The molecule has 3 N–H and O–H groups in total. The maximum Gasteiger partial charge on any atom is 0.323 e. The molecular weight excluding hydrogens is 280 g/mol. The number of H-pyrrole nitrogens is 2. The van der Waals surface area contributed by atoms with Gasteiger partial charge in [0.1, 0.15) is 5.69 Å². The summed E-state index contributed by atoms with van der Waals surface area (Å²) in [5, 5.41) is 3.13. The van der Waals surface area contributed by atoms with Crippen LogP contribution in [0.2, 0.25) is 5.02 Å². The molecule has 0 spiro atoms. The van der Waals surface area contributed by atoms with Crippen LogP contribution in [-0.4, -0.2) is 20.9 Å². The molecule has 100 valence electrons. The van der Waals surface area contributed by atoms with E-state index in [4.69, 9.17) is 11.6 Å². The minimum atomic E-state index is -0.371. The lowest BCUT2D eigenvalue weighted by Gasteiger charge is -2.04.